The van der Waals surface area contributed by atoms with E-state index in [0.717, 1.165) is 12.5 Å². The molecule has 1 aliphatic carbocycles. The van der Waals surface area contributed by atoms with Gasteiger partial charge in [-0.05, 0) is 31.6 Å². The molecule has 3 heteroatoms. The summed E-state index contributed by atoms with van der Waals surface area (Å²) < 4.78 is 4.81. The number of ether oxygens (including phenoxy) is 1. The Labute approximate surface area is 86.2 Å². The van der Waals surface area contributed by atoms with Crippen LogP contribution in [0.15, 0.2) is 0 Å². The zero-order valence-electron chi connectivity index (χ0n) is 9.21. The molecule has 1 saturated carbocycles. The second-order valence-electron chi connectivity index (χ2n) is 4.24. The molecule has 0 saturated heterocycles. The molecule has 0 radical (unpaired) electrons. The van der Waals surface area contributed by atoms with Crippen LogP contribution in [0.2, 0.25) is 0 Å². The van der Waals surface area contributed by atoms with E-state index in [4.69, 9.17) is 4.74 Å². The molecular weight excluding hydrogens is 178 g/mol. The third kappa shape index (κ3) is 3.99. The number of alkyl carbamates (subject to hydrolysis) is 1. The number of carbonyl (C=O) groups excluding carboxylic acids is 1. The van der Waals surface area contributed by atoms with Crippen molar-refractivity contribution in [2.75, 3.05) is 13.2 Å². The average Bonchev–Trinajstić information content (AvgIpc) is 2.15. The molecular formula is C11H21NO2. The highest BCUT2D eigenvalue weighted by Crippen LogP contribution is 2.27. The summed E-state index contributed by atoms with van der Waals surface area (Å²) in [6, 6.07) is 0. The van der Waals surface area contributed by atoms with Gasteiger partial charge in [0.2, 0.25) is 0 Å². The first-order valence-corrected chi connectivity index (χ1v) is 5.63. The summed E-state index contributed by atoms with van der Waals surface area (Å²) in [7, 11) is 0. The predicted octanol–water partition coefficient (Wildman–Crippen LogP) is 2.56. The first-order valence-electron chi connectivity index (χ1n) is 5.63. The molecule has 0 aromatic carbocycles. The van der Waals surface area contributed by atoms with Crippen molar-refractivity contribution in [1.82, 2.24) is 5.32 Å². The topological polar surface area (TPSA) is 38.3 Å². The van der Waals surface area contributed by atoms with E-state index in [1.54, 1.807) is 0 Å². The van der Waals surface area contributed by atoms with Gasteiger partial charge in [0.25, 0.3) is 0 Å². The normalized spacial score (nSPS) is 27.0. The van der Waals surface area contributed by atoms with Gasteiger partial charge in [-0.15, -0.1) is 0 Å². The molecule has 0 aliphatic heterocycles. The lowest BCUT2D eigenvalue weighted by atomic mass is 9.82. The first kappa shape index (κ1) is 11.3. The maximum Gasteiger partial charge on any atom is 0.407 e. The van der Waals surface area contributed by atoms with Gasteiger partial charge in [0, 0.05) is 6.54 Å². The molecule has 3 nitrogen and oxygen atoms in total. The van der Waals surface area contributed by atoms with Gasteiger partial charge in [-0.3, -0.25) is 0 Å². The van der Waals surface area contributed by atoms with Crippen LogP contribution in [0.25, 0.3) is 0 Å². The molecule has 1 rings (SSSR count). The van der Waals surface area contributed by atoms with Crippen molar-refractivity contribution in [3.8, 4) is 0 Å². The lowest BCUT2D eigenvalue weighted by Crippen LogP contribution is -2.31. The Hall–Kier alpha value is -0.730. The minimum Gasteiger partial charge on any atom is -0.450 e. The zero-order chi connectivity index (χ0) is 10.4. The van der Waals surface area contributed by atoms with Crippen molar-refractivity contribution in [3.63, 3.8) is 0 Å². The zero-order valence-corrected chi connectivity index (χ0v) is 9.21. The molecule has 0 aromatic rings. The number of nitrogens with one attached hydrogen (secondary N) is 1. The molecule has 0 aromatic heterocycles. The van der Waals surface area contributed by atoms with E-state index in [-0.39, 0.29) is 6.09 Å². The van der Waals surface area contributed by atoms with Crippen LogP contribution >= 0.6 is 0 Å². The minimum absolute atomic E-state index is 0.272. The highest BCUT2D eigenvalue weighted by molar-refractivity contribution is 5.66. The summed E-state index contributed by atoms with van der Waals surface area (Å²) in [4.78, 5) is 11.0. The van der Waals surface area contributed by atoms with Gasteiger partial charge in [0.1, 0.15) is 0 Å². The van der Waals surface area contributed by atoms with E-state index in [1.165, 1.54) is 25.7 Å². The maximum absolute atomic E-state index is 11.0. The molecule has 1 fully saturated rings. The number of hydrogen-bond donors (Lipinski definition) is 1. The fourth-order valence-electron chi connectivity index (χ4n) is 2.15. The lowest BCUT2D eigenvalue weighted by Gasteiger charge is -2.26. The van der Waals surface area contributed by atoms with Gasteiger partial charge in [-0.2, -0.15) is 0 Å². The number of carbonyl (C=O) groups is 1. The van der Waals surface area contributed by atoms with Crippen LogP contribution in [0.1, 0.15) is 39.5 Å². The molecule has 0 heterocycles. The fourth-order valence-corrected chi connectivity index (χ4v) is 2.15. The van der Waals surface area contributed by atoms with E-state index >= 15 is 0 Å². The van der Waals surface area contributed by atoms with Crippen LogP contribution < -0.4 is 5.32 Å². The molecule has 0 bridgehead atoms. The molecule has 1 N–H and O–H groups in total. The standard InChI is InChI=1S/C11H21NO2/c1-3-14-11(13)12-8-10-6-4-5-9(2)7-10/h9-10H,3-8H2,1-2H3,(H,12,13). The monoisotopic (exact) mass is 199 g/mol. The molecule has 1 aliphatic rings. The van der Waals surface area contributed by atoms with E-state index in [9.17, 15) is 4.79 Å². The summed E-state index contributed by atoms with van der Waals surface area (Å²) in [6.45, 7) is 5.34. The Morgan fingerprint density at radius 2 is 2.29 bits per heavy atom. The summed E-state index contributed by atoms with van der Waals surface area (Å²) in [5, 5.41) is 2.81. The Balaban J connectivity index is 2.14. The molecule has 1 amide bonds. The van der Waals surface area contributed by atoms with Gasteiger partial charge in [0.15, 0.2) is 0 Å². The Morgan fingerprint density at radius 1 is 1.50 bits per heavy atom. The van der Waals surface area contributed by atoms with Gasteiger partial charge in [-0.25, -0.2) is 4.79 Å². The van der Waals surface area contributed by atoms with Gasteiger partial charge >= 0.3 is 6.09 Å². The third-order valence-corrected chi connectivity index (χ3v) is 2.86. The largest absolute Gasteiger partial charge is 0.450 e. The van der Waals surface area contributed by atoms with Crippen LogP contribution in [-0.4, -0.2) is 19.2 Å². The smallest absolute Gasteiger partial charge is 0.407 e. The summed E-state index contributed by atoms with van der Waals surface area (Å²) >= 11 is 0. The molecule has 2 atom stereocenters. The highest BCUT2D eigenvalue weighted by Gasteiger charge is 2.19. The Kier molecular flexibility index (Phi) is 4.77. The summed E-state index contributed by atoms with van der Waals surface area (Å²) in [5.74, 6) is 1.47. The van der Waals surface area contributed by atoms with Crippen molar-refractivity contribution in [3.05, 3.63) is 0 Å². The van der Waals surface area contributed by atoms with Gasteiger partial charge in [0.05, 0.1) is 6.61 Å². The SMILES string of the molecule is CCOC(=O)NCC1CCCC(C)C1. The predicted molar refractivity (Wildman–Crippen MR) is 56.1 cm³/mol. The van der Waals surface area contributed by atoms with E-state index in [1.807, 2.05) is 6.92 Å². The number of amides is 1. The molecule has 2 unspecified atom stereocenters. The Morgan fingerprint density at radius 3 is 2.93 bits per heavy atom. The lowest BCUT2D eigenvalue weighted by molar-refractivity contribution is 0.148. The summed E-state index contributed by atoms with van der Waals surface area (Å²) in [6.07, 6.45) is 4.86. The highest BCUT2D eigenvalue weighted by atomic mass is 16.5. The first-order chi connectivity index (χ1) is 6.72. The summed E-state index contributed by atoms with van der Waals surface area (Å²) in [5.41, 5.74) is 0. The fraction of sp³-hybridized carbons (Fsp3) is 0.909. The van der Waals surface area contributed by atoms with Crippen molar-refractivity contribution in [1.29, 1.82) is 0 Å². The third-order valence-electron chi connectivity index (χ3n) is 2.86. The van der Waals surface area contributed by atoms with Crippen LogP contribution in [0.5, 0.6) is 0 Å². The van der Waals surface area contributed by atoms with Crippen molar-refractivity contribution >= 4 is 6.09 Å². The number of rotatable bonds is 3. The second-order valence-corrected chi connectivity index (χ2v) is 4.24. The Bertz CT molecular complexity index is 182. The second kappa shape index (κ2) is 5.89. The van der Waals surface area contributed by atoms with Crippen molar-refractivity contribution < 1.29 is 9.53 Å². The molecule has 0 spiro atoms. The van der Waals surface area contributed by atoms with E-state index < -0.39 is 0 Å². The van der Waals surface area contributed by atoms with Gasteiger partial charge in [-0.1, -0.05) is 19.8 Å². The number of hydrogen-bond acceptors (Lipinski definition) is 2. The van der Waals surface area contributed by atoms with Crippen LogP contribution in [0.4, 0.5) is 4.79 Å². The molecule has 14 heavy (non-hydrogen) atoms. The van der Waals surface area contributed by atoms with Gasteiger partial charge < -0.3 is 10.1 Å². The van der Waals surface area contributed by atoms with E-state index in [0.29, 0.717) is 12.5 Å². The van der Waals surface area contributed by atoms with E-state index in [2.05, 4.69) is 12.2 Å². The maximum atomic E-state index is 11.0. The van der Waals surface area contributed by atoms with Crippen LogP contribution in [0.3, 0.4) is 0 Å². The average molecular weight is 199 g/mol. The van der Waals surface area contributed by atoms with Crippen LogP contribution in [0, 0.1) is 11.8 Å². The minimum atomic E-state index is -0.272. The van der Waals surface area contributed by atoms with Crippen molar-refractivity contribution in [2.45, 2.75) is 39.5 Å². The van der Waals surface area contributed by atoms with Crippen LogP contribution in [-0.2, 0) is 4.74 Å². The molecule has 82 valence electrons. The quantitative estimate of drug-likeness (QED) is 0.758. The van der Waals surface area contributed by atoms with Crippen molar-refractivity contribution in [2.24, 2.45) is 11.8 Å².